The monoisotopic (exact) mass is 392 g/mol. The maximum atomic E-state index is 12.9. The first-order valence-electron chi connectivity index (χ1n) is 9.49. The van der Waals surface area contributed by atoms with Crippen LogP contribution >= 0.6 is 0 Å². The molecule has 0 bridgehead atoms. The summed E-state index contributed by atoms with van der Waals surface area (Å²) < 4.78 is 5.49. The van der Waals surface area contributed by atoms with Crippen LogP contribution in [0.4, 0.5) is 5.69 Å². The van der Waals surface area contributed by atoms with E-state index in [1.807, 2.05) is 0 Å². The number of benzene rings is 2. The van der Waals surface area contributed by atoms with Gasteiger partial charge in [0.05, 0.1) is 22.9 Å². The molecule has 2 aliphatic heterocycles. The molecule has 3 amide bonds. The van der Waals surface area contributed by atoms with Gasteiger partial charge >= 0.3 is 0 Å². The number of carbonyl (C=O) groups is 4. The van der Waals surface area contributed by atoms with Gasteiger partial charge < -0.3 is 10.1 Å². The lowest BCUT2D eigenvalue weighted by molar-refractivity contribution is 0.0857. The molecule has 29 heavy (non-hydrogen) atoms. The average Bonchev–Trinajstić information content (AvgIpc) is 3.33. The predicted molar refractivity (Wildman–Crippen MR) is 105 cm³/mol. The molecular weight excluding hydrogens is 372 g/mol. The van der Waals surface area contributed by atoms with Crippen molar-refractivity contribution < 1.29 is 23.9 Å². The number of anilines is 1. The fourth-order valence-electron chi connectivity index (χ4n) is 3.58. The molecule has 1 N–H and O–H groups in total. The molecule has 7 heteroatoms. The first-order valence-corrected chi connectivity index (χ1v) is 9.49. The fourth-order valence-corrected chi connectivity index (χ4v) is 3.58. The van der Waals surface area contributed by atoms with Crippen LogP contribution in [0.25, 0.3) is 0 Å². The Kier molecular flexibility index (Phi) is 4.98. The van der Waals surface area contributed by atoms with Gasteiger partial charge in [0.2, 0.25) is 0 Å². The quantitative estimate of drug-likeness (QED) is 0.624. The molecule has 7 nitrogen and oxygen atoms in total. The number of carbonyl (C=O) groups excluding carboxylic acids is 4. The lowest BCUT2D eigenvalue weighted by atomic mass is 10.1. The number of nitrogens with one attached hydrogen (secondary N) is 1. The molecule has 2 aromatic carbocycles. The Balaban J connectivity index is 1.54. The number of amides is 3. The Morgan fingerprint density at radius 2 is 1.72 bits per heavy atom. The third kappa shape index (κ3) is 3.56. The second-order valence-electron chi connectivity index (χ2n) is 7.15. The van der Waals surface area contributed by atoms with Gasteiger partial charge in [-0.15, -0.1) is 0 Å². The highest BCUT2D eigenvalue weighted by Gasteiger charge is 2.37. The number of ether oxygens (including phenoxy) is 1. The van der Waals surface area contributed by atoms with Crippen LogP contribution in [0.15, 0.2) is 42.5 Å². The molecule has 0 saturated carbocycles. The number of nitrogens with zero attached hydrogens (tertiary/aromatic N) is 1. The number of Topliss-reactive ketones (excluding diaryl/α,β-unsaturated/α-hetero) is 1. The van der Waals surface area contributed by atoms with Crippen LogP contribution in [-0.2, 0) is 4.74 Å². The minimum absolute atomic E-state index is 0.0186. The Morgan fingerprint density at radius 3 is 2.38 bits per heavy atom. The average molecular weight is 392 g/mol. The largest absolute Gasteiger partial charge is 0.376 e. The highest BCUT2D eigenvalue weighted by Crippen LogP contribution is 2.29. The first-order chi connectivity index (χ1) is 14.0. The normalized spacial score (nSPS) is 18.1. The summed E-state index contributed by atoms with van der Waals surface area (Å²) in [6.45, 7) is 2.57. The molecule has 0 spiro atoms. The Bertz CT molecular complexity index is 1010. The van der Waals surface area contributed by atoms with Crippen LogP contribution in [0.3, 0.4) is 0 Å². The summed E-state index contributed by atoms with van der Waals surface area (Å²) in [7, 11) is 0. The molecule has 0 radical (unpaired) electrons. The van der Waals surface area contributed by atoms with Gasteiger partial charge in [-0.1, -0.05) is 0 Å². The molecule has 0 aromatic heterocycles. The van der Waals surface area contributed by atoms with Gasteiger partial charge in [-0.05, 0) is 62.2 Å². The van der Waals surface area contributed by atoms with E-state index < -0.39 is 11.8 Å². The molecule has 2 aliphatic rings. The van der Waals surface area contributed by atoms with Crippen LogP contribution in [0.1, 0.15) is 61.2 Å². The van der Waals surface area contributed by atoms with Crippen molar-refractivity contribution in [2.24, 2.45) is 0 Å². The van der Waals surface area contributed by atoms with E-state index in [2.05, 4.69) is 5.32 Å². The van der Waals surface area contributed by atoms with Crippen molar-refractivity contribution in [3.8, 4) is 0 Å². The molecule has 2 aromatic rings. The van der Waals surface area contributed by atoms with E-state index >= 15 is 0 Å². The molecule has 1 saturated heterocycles. The van der Waals surface area contributed by atoms with E-state index in [0.717, 1.165) is 17.7 Å². The van der Waals surface area contributed by atoms with Crippen LogP contribution in [0.2, 0.25) is 0 Å². The number of ketones is 1. The lowest BCUT2D eigenvalue weighted by Crippen LogP contribution is -2.31. The van der Waals surface area contributed by atoms with E-state index in [4.69, 9.17) is 4.74 Å². The standard InChI is InChI=1S/C22H20N2O5/c1-13(25)14-4-7-16(8-5-14)24-21(27)18-9-6-15(11-19(18)22(24)28)20(26)23-12-17-3-2-10-29-17/h4-9,11,17H,2-3,10,12H2,1H3,(H,23,26)/t17-/m1/s1. The van der Waals surface area contributed by atoms with Crippen molar-refractivity contribution in [3.63, 3.8) is 0 Å². The molecule has 148 valence electrons. The number of fused-ring (bicyclic) bond motifs is 1. The summed E-state index contributed by atoms with van der Waals surface area (Å²) >= 11 is 0. The number of rotatable bonds is 5. The van der Waals surface area contributed by atoms with E-state index in [-0.39, 0.29) is 28.9 Å². The summed E-state index contributed by atoms with van der Waals surface area (Å²) in [5, 5.41) is 2.81. The van der Waals surface area contributed by atoms with E-state index in [1.54, 1.807) is 24.3 Å². The summed E-state index contributed by atoms with van der Waals surface area (Å²) in [6.07, 6.45) is 1.92. The fraction of sp³-hybridized carbons (Fsp3) is 0.273. The molecule has 0 aliphatic carbocycles. The number of imide groups is 1. The van der Waals surface area contributed by atoms with Gasteiger partial charge in [-0.2, -0.15) is 0 Å². The smallest absolute Gasteiger partial charge is 0.266 e. The van der Waals surface area contributed by atoms with Crippen LogP contribution in [0, 0.1) is 0 Å². The van der Waals surface area contributed by atoms with Gasteiger partial charge in [-0.25, -0.2) is 4.90 Å². The first kappa shape index (κ1) is 19.0. The summed E-state index contributed by atoms with van der Waals surface area (Å²) in [5.41, 5.74) is 1.63. The second kappa shape index (κ2) is 7.60. The van der Waals surface area contributed by atoms with E-state index in [1.165, 1.54) is 25.1 Å². The second-order valence-corrected chi connectivity index (χ2v) is 7.15. The minimum atomic E-state index is -0.491. The summed E-state index contributed by atoms with van der Waals surface area (Å²) in [5.74, 6) is -1.35. The SMILES string of the molecule is CC(=O)c1ccc(N2C(=O)c3ccc(C(=O)NC[C@H]4CCCO4)cc3C2=O)cc1. The minimum Gasteiger partial charge on any atom is -0.376 e. The van der Waals surface area contributed by atoms with Crippen molar-refractivity contribution in [3.05, 3.63) is 64.7 Å². The van der Waals surface area contributed by atoms with Crippen LogP contribution < -0.4 is 10.2 Å². The summed E-state index contributed by atoms with van der Waals surface area (Å²) in [6, 6.07) is 10.8. The van der Waals surface area contributed by atoms with Crippen molar-refractivity contribution in [2.45, 2.75) is 25.9 Å². The Hall–Kier alpha value is -3.32. The van der Waals surface area contributed by atoms with Gasteiger partial charge in [0.1, 0.15) is 0 Å². The summed E-state index contributed by atoms with van der Waals surface area (Å²) in [4.78, 5) is 50.5. The van der Waals surface area contributed by atoms with E-state index in [0.29, 0.717) is 30.0 Å². The zero-order valence-electron chi connectivity index (χ0n) is 15.9. The Labute approximate surface area is 167 Å². The molecule has 4 rings (SSSR count). The zero-order chi connectivity index (χ0) is 20.5. The molecule has 2 heterocycles. The highest BCUT2D eigenvalue weighted by atomic mass is 16.5. The topological polar surface area (TPSA) is 92.8 Å². The zero-order valence-corrected chi connectivity index (χ0v) is 15.9. The highest BCUT2D eigenvalue weighted by molar-refractivity contribution is 6.34. The maximum Gasteiger partial charge on any atom is 0.266 e. The molecule has 1 atom stereocenters. The molecule has 1 fully saturated rings. The van der Waals surface area contributed by atoms with Crippen LogP contribution in [0.5, 0.6) is 0 Å². The van der Waals surface area contributed by atoms with Crippen molar-refractivity contribution in [2.75, 3.05) is 18.1 Å². The third-order valence-electron chi connectivity index (χ3n) is 5.20. The van der Waals surface area contributed by atoms with Gasteiger partial charge in [0.15, 0.2) is 5.78 Å². The Morgan fingerprint density at radius 1 is 1.03 bits per heavy atom. The van der Waals surface area contributed by atoms with Gasteiger partial charge in [0.25, 0.3) is 17.7 Å². The van der Waals surface area contributed by atoms with Crippen molar-refractivity contribution >= 4 is 29.2 Å². The number of hydrogen-bond acceptors (Lipinski definition) is 5. The molecule has 0 unspecified atom stereocenters. The number of hydrogen-bond donors (Lipinski definition) is 1. The van der Waals surface area contributed by atoms with Crippen LogP contribution in [-0.4, -0.2) is 42.8 Å². The van der Waals surface area contributed by atoms with Gasteiger partial charge in [0, 0.05) is 24.3 Å². The van der Waals surface area contributed by atoms with Crippen molar-refractivity contribution in [1.29, 1.82) is 0 Å². The van der Waals surface area contributed by atoms with Crippen molar-refractivity contribution in [1.82, 2.24) is 5.32 Å². The predicted octanol–water partition coefficient (Wildman–Crippen LogP) is 2.60. The lowest BCUT2D eigenvalue weighted by Gasteiger charge is -2.14. The third-order valence-corrected chi connectivity index (χ3v) is 5.20. The maximum absolute atomic E-state index is 12.9. The molecular formula is C22H20N2O5. The van der Waals surface area contributed by atoms with Gasteiger partial charge in [-0.3, -0.25) is 19.2 Å². The van der Waals surface area contributed by atoms with E-state index in [9.17, 15) is 19.2 Å².